The standard InChI is InChI=1S/C33H35F3N2O3S/c1-20-9-7-8-10-26(20)37(6)27-17-25-24(31(2,3)13-14-32(25,4)5)16-23(27)22-12-11-21(15-28(22)41-33(34,35)36)18-38-29(39)19-42-30(38)40/h7-12,15-17H,13-14,18-19H2,1-6H3. The predicted octanol–water partition coefficient (Wildman–Crippen LogP) is 8.87. The minimum Gasteiger partial charge on any atom is -0.405 e. The van der Waals surface area contributed by atoms with Gasteiger partial charge in [-0.05, 0) is 77.1 Å². The summed E-state index contributed by atoms with van der Waals surface area (Å²) in [6.07, 6.45) is -3.01. The molecule has 3 aromatic rings. The summed E-state index contributed by atoms with van der Waals surface area (Å²) in [6.45, 7) is 10.7. The summed E-state index contributed by atoms with van der Waals surface area (Å²) >= 11 is 0.884. The number of carbonyl (C=O) groups excluding carboxylic acids is 2. The van der Waals surface area contributed by atoms with Crippen molar-refractivity contribution >= 4 is 34.3 Å². The number of hydrogen-bond donors (Lipinski definition) is 0. The van der Waals surface area contributed by atoms with Gasteiger partial charge in [0.1, 0.15) is 5.75 Å². The summed E-state index contributed by atoms with van der Waals surface area (Å²) in [5, 5.41) is -0.413. The molecule has 222 valence electrons. The van der Waals surface area contributed by atoms with Gasteiger partial charge in [0.2, 0.25) is 5.91 Å². The van der Waals surface area contributed by atoms with E-state index in [-0.39, 0.29) is 40.3 Å². The first-order valence-corrected chi connectivity index (χ1v) is 14.9. The van der Waals surface area contributed by atoms with Gasteiger partial charge in [0.05, 0.1) is 12.3 Å². The van der Waals surface area contributed by atoms with Crippen molar-refractivity contribution in [2.45, 2.75) is 71.2 Å². The van der Waals surface area contributed by atoms with Crippen LogP contribution in [0.15, 0.2) is 54.6 Å². The molecule has 1 heterocycles. The highest BCUT2D eigenvalue weighted by atomic mass is 32.2. The lowest BCUT2D eigenvalue weighted by Crippen LogP contribution is -2.34. The minimum absolute atomic E-state index is 0.0265. The van der Waals surface area contributed by atoms with Crippen LogP contribution < -0.4 is 9.64 Å². The Balaban J connectivity index is 1.74. The number of carbonyl (C=O) groups is 2. The van der Waals surface area contributed by atoms with Gasteiger partial charge in [-0.2, -0.15) is 0 Å². The van der Waals surface area contributed by atoms with Crippen molar-refractivity contribution in [3.63, 3.8) is 0 Å². The fraction of sp³-hybridized carbons (Fsp3) is 0.394. The first kappa shape index (κ1) is 30.0. The summed E-state index contributed by atoms with van der Waals surface area (Å²) in [5.74, 6) is -0.716. The number of fused-ring (bicyclic) bond motifs is 1. The molecular weight excluding hydrogens is 561 g/mol. The summed E-state index contributed by atoms with van der Waals surface area (Å²) in [5.41, 5.74) is 5.96. The molecule has 1 aliphatic heterocycles. The lowest BCUT2D eigenvalue weighted by atomic mass is 9.62. The third-order valence-corrected chi connectivity index (χ3v) is 9.41. The summed E-state index contributed by atoms with van der Waals surface area (Å²) in [6, 6.07) is 16.6. The Morgan fingerprint density at radius 1 is 0.905 bits per heavy atom. The molecule has 0 bridgehead atoms. The Kier molecular flexibility index (Phi) is 7.62. The Morgan fingerprint density at radius 3 is 2.14 bits per heavy atom. The number of alkyl halides is 3. The second-order valence-corrected chi connectivity index (χ2v) is 13.4. The zero-order valence-corrected chi connectivity index (χ0v) is 25.5. The number of rotatable bonds is 6. The van der Waals surface area contributed by atoms with Crippen LogP contribution in [0.1, 0.15) is 62.8 Å². The number of para-hydroxylation sites is 1. The van der Waals surface area contributed by atoms with E-state index in [9.17, 15) is 22.8 Å². The monoisotopic (exact) mass is 596 g/mol. The second-order valence-electron chi connectivity index (χ2n) is 12.4. The largest absolute Gasteiger partial charge is 0.573 e. The van der Waals surface area contributed by atoms with Gasteiger partial charge >= 0.3 is 6.36 Å². The molecule has 5 rings (SSSR count). The number of amides is 2. The molecule has 9 heteroatoms. The molecule has 5 nitrogen and oxygen atoms in total. The zero-order chi connectivity index (χ0) is 30.6. The average Bonchev–Trinajstić information content (AvgIpc) is 3.22. The number of halogens is 3. The number of anilines is 2. The number of thioether (sulfide) groups is 1. The summed E-state index contributed by atoms with van der Waals surface area (Å²) in [4.78, 5) is 27.4. The molecule has 2 aliphatic rings. The van der Waals surface area contributed by atoms with E-state index >= 15 is 0 Å². The Morgan fingerprint density at radius 2 is 1.55 bits per heavy atom. The maximum atomic E-state index is 13.8. The van der Waals surface area contributed by atoms with Gasteiger partial charge in [0, 0.05) is 29.5 Å². The number of hydrogen-bond acceptors (Lipinski definition) is 5. The van der Waals surface area contributed by atoms with E-state index in [1.165, 1.54) is 11.6 Å². The number of aryl methyl sites for hydroxylation is 1. The number of benzene rings is 3. The smallest absolute Gasteiger partial charge is 0.405 e. The van der Waals surface area contributed by atoms with Crippen LogP contribution in [-0.2, 0) is 22.2 Å². The van der Waals surface area contributed by atoms with Gasteiger partial charge in [0.15, 0.2) is 0 Å². The molecule has 1 fully saturated rings. The molecule has 0 N–H and O–H groups in total. The van der Waals surface area contributed by atoms with Gasteiger partial charge in [-0.25, -0.2) is 0 Å². The van der Waals surface area contributed by atoms with Crippen molar-refractivity contribution in [2.24, 2.45) is 0 Å². The average molecular weight is 597 g/mol. The van der Waals surface area contributed by atoms with Gasteiger partial charge in [0.25, 0.3) is 5.24 Å². The summed E-state index contributed by atoms with van der Waals surface area (Å²) in [7, 11) is 1.93. The maximum absolute atomic E-state index is 13.8. The molecule has 0 unspecified atom stereocenters. The number of imide groups is 1. The zero-order valence-electron chi connectivity index (χ0n) is 24.7. The van der Waals surface area contributed by atoms with E-state index in [4.69, 9.17) is 0 Å². The van der Waals surface area contributed by atoms with Crippen LogP contribution in [-0.4, -0.2) is 35.2 Å². The summed E-state index contributed by atoms with van der Waals surface area (Å²) < 4.78 is 46.1. The quantitative estimate of drug-likeness (QED) is 0.285. The Hall–Kier alpha value is -3.46. The lowest BCUT2D eigenvalue weighted by Gasteiger charge is -2.43. The van der Waals surface area contributed by atoms with Crippen LogP contribution in [0.4, 0.5) is 29.3 Å². The van der Waals surface area contributed by atoms with Gasteiger partial charge in [-0.1, -0.05) is 69.8 Å². The lowest BCUT2D eigenvalue weighted by molar-refractivity contribution is -0.274. The molecule has 2 amide bonds. The van der Waals surface area contributed by atoms with E-state index < -0.39 is 11.6 Å². The molecule has 0 atom stereocenters. The third-order valence-electron chi connectivity index (χ3n) is 8.55. The molecule has 0 spiro atoms. The fourth-order valence-corrected chi connectivity index (χ4v) is 6.70. The normalized spacial score (nSPS) is 17.8. The topological polar surface area (TPSA) is 49.9 Å². The first-order chi connectivity index (χ1) is 19.6. The minimum atomic E-state index is -4.94. The third kappa shape index (κ3) is 5.76. The van der Waals surface area contributed by atoms with Crippen molar-refractivity contribution < 1.29 is 27.5 Å². The van der Waals surface area contributed by atoms with Crippen molar-refractivity contribution in [3.05, 3.63) is 76.9 Å². The molecule has 0 aromatic heterocycles. The SMILES string of the molecule is Cc1ccccc1N(C)c1cc2c(cc1-c1ccc(CN3C(=O)CSC3=O)cc1OC(F)(F)F)C(C)(C)CCC2(C)C. The van der Waals surface area contributed by atoms with Crippen molar-refractivity contribution in [2.75, 3.05) is 17.7 Å². The van der Waals surface area contributed by atoms with Crippen LogP contribution >= 0.6 is 11.8 Å². The van der Waals surface area contributed by atoms with Gasteiger partial charge in [-0.15, -0.1) is 13.2 Å². The van der Waals surface area contributed by atoms with Crippen LogP contribution in [0.5, 0.6) is 5.75 Å². The molecule has 1 saturated heterocycles. The highest BCUT2D eigenvalue weighted by Gasteiger charge is 2.39. The second kappa shape index (κ2) is 10.7. The van der Waals surface area contributed by atoms with Crippen LogP contribution in [0.25, 0.3) is 11.1 Å². The van der Waals surface area contributed by atoms with Crippen molar-refractivity contribution in [1.82, 2.24) is 4.90 Å². The highest BCUT2D eigenvalue weighted by Crippen LogP contribution is 2.51. The highest BCUT2D eigenvalue weighted by molar-refractivity contribution is 8.14. The number of nitrogens with zero attached hydrogens (tertiary/aromatic N) is 2. The predicted molar refractivity (Wildman–Crippen MR) is 161 cm³/mol. The van der Waals surface area contributed by atoms with Crippen LogP contribution in [0.3, 0.4) is 0 Å². The molecule has 0 radical (unpaired) electrons. The van der Waals surface area contributed by atoms with Crippen molar-refractivity contribution in [1.29, 1.82) is 0 Å². The Labute approximate surface area is 249 Å². The molecule has 42 heavy (non-hydrogen) atoms. The molecule has 3 aromatic carbocycles. The van der Waals surface area contributed by atoms with Gasteiger partial charge < -0.3 is 9.64 Å². The van der Waals surface area contributed by atoms with E-state index in [0.29, 0.717) is 11.1 Å². The van der Waals surface area contributed by atoms with Crippen LogP contribution in [0, 0.1) is 6.92 Å². The molecular formula is C33H35F3N2O3S. The van der Waals surface area contributed by atoms with E-state index in [0.717, 1.165) is 52.0 Å². The Bertz CT molecular complexity index is 1550. The number of ether oxygens (including phenoxy) is 1. The molecule has 1 aliphatic carbocycles. The van der Waals surface area contributed by atoms with Crippen LogP contribution in [0.2, 0.25) is 0 Å². The van der Waals surface area contributed by atoms with Crippen molar-refractivity contribution in [3.8, 4) is 16.9 Å². The fourth-order valence-electron chi connectivity index (χ4n) is 5.98. The van der Waals surface area contributed by atoms with E-state index in [2.05, 4.69) is 38.5 Å². The van der Waals surface area contributed by atoms with Gasteiger partial charge in [-0.3, -0.25) is 14.5 Å². The first-order valence-electron chi connectivity index (χ1n) is 13.9. The maximum Gasteiger partial charge on any atom is 0.573 e. The molecule has 0 saturated carbocycles. The van der Waals surface area contributed by atoms with E-state index in [1.54, 1.807) is 12.1 Å². The van der Waals surface area contributed by atoms with E-state index in [1.807, 2.05) is 49.2 Å².